The van der Waals surface area contributed by atoms with Crippen molar-refractivity contribution in [2.75, 3.05) is 19.7 Å². The Morgan fingerprint density at radius 1 is 1.32 bits per heavy atom. The normalized spacial score (nSPS) is 19.6. The number of aromatic nitrogens is 3. The number of nitrogens with zero attached hydrogens (tertiary/aromatic N) is 4. The average Bonchev–Trinajstić information content (AvgIpc) is 3.04. The van der Waals surface area contributed by atoms with Gasteiger partial charge in [0.2, 0.25) is 0 Å². The van der Waals surface area contributed by atoms with Crippen LogP contribution < -0.4 is 10.1 Å². The summed E-state index contributed by atoms with van der Waals surface area (Å²) in [7, 11) is -1.17. The molecule has 8 heteroatoms. The van der Waals surface area contributed by atoms with E-state index >= 15 is 0 Å². The Hall–Kier alpha value is -2.47. The predicted molar refractivity (Wildman–Crippen MR) is 125 cm³/mol. The minimum atomic E-state index is -1.17. The molecule has 31 heavy (non-hydrogen) atoms. The van der Waals surface area contributed by atoms with Crippen LogP contribution >= 0.6 is 0 Å². The molecule has 1 fully saturated rings. The molecule has 1 aliphatic heterocycles. The zero-order valence-electron chi connectivity index (χ0n) is 18.9. The number of nitrogens with one attached hydrogen (secondary N) is 1. The molecule has 0 spiro atoms. The van der Waals surface area contributed by atoms with E-state index in [1.54, 1.807) is 12.4 Å². The molecule has 1 saturated heterocycles. The summed E-state index contributed by atoms with van der Waals surface area (Å²) in [5, 5.41) is 14.7. The maximum absolute atomic E-state index is 9.40. The van der Waals surface area contributed by atoms with Crippen molar-refractivity contribution >= 4 is 30.0 Å². The van der Waals surface area contributed by atoms with Crippen LogP contribution in [-0.2, 0) is 11.5 Å². The van der Waals surface area contributed by atoms with E-state index in [0.717, 1.165) is 66.3 Å². The highest BCUT2D eigenvalue weighted by molar-refractivity contribution is 6.76. The molecule has 4 heterocycles. The maximum Gasteiger partial charge on any atom is 0.146 e. The van der Waals surface area contributed by atoms with Crippen molar-refractivity contribution in [1.82, 2.24) is 19.9 Å². The summed E-state index contributed by atoms with van der Waals surface area (Å²) in [4.78, 5) is 8.96. The highest BCUT2D eigenvalue weighted by Crippen LogP contribution is 2.37. The maximum atomic E-state index is 9.40. The molecular weight excluding hydrogens is 406 g/mol. The lowest BCUT2D eigenvalue weighted by molar-refractivity contribution is 0.0630. The zero-order chi connectivity index (χ0) is 22.1. The molecule has 0 saturated carbocycles. The van der Waals surface area contributed by atoms with Crippen molar-refractivity contribution in [3.05, 3.63) is 30.2 Å². The standard InChI is InChI=1S/C23H31N5O2Si/c1-23(7-5-8-25-15-23)30-20-6-9-26-22-21(20)18-12-17(13-24)27-14-19(18)28(22)16-29-10-11-31(2,3)4/h6,9,12,14,25H,5,7-8,10-11,15-16H2,1-4H3. The molecule has 4 rings (SSSR count). The van der Waals surface area contributed by atoms with Crippen LogP contribution in [0.25, 0.3) is 21.9 Å². The predicted octanol–water partition coefficient (Wildman–Crippen LogP) is 4.29. The number of nitriles is 1. The van der Waals surface area contributed by atoms with Crippen molar-refractivity contribution in [3.63, 3.8) is 0 Å². The van der Waals surface area contributed by atoms with E-state index in [-0.39, 0.29) is 5.60 Å². The molecule has 7 nitrogen and oxygen atoms in total. The van der Waals surface area contributed by atoms with Gasteiger partial charge in [-0.05, 0) is 44.5 Å². The summed E-state index contributed by atoms with van der Waals surface area (Å²) in [6.07, 6.45) is 5.60. The van der Waals surface area contributed by atoms with Gasteiger partial charge in [-0.2, -0.15) is 5.26 Å². The number of ether oxygens (including phenoxy) is 2. The zero-order valence-corrected chi connectivity index (χ0v) is 19.9. The summed E-state index contributed by atoms with van der Waals surface area (Å²) in [6.45, 7) is 12.1. The van der Waals surface area contributed by atoms with Crippen LogP contribution in [0.3, 0.4) is 0 Å². The van der Waals surface area contributed by atoms with Crippen molar-refractivity contribution in [2.24, 2.45) is 0 Å². The van der Waals surface area contributed by atoms with Gasteiger partial charge < -0.3 is 14.8 Å². The second-order valence-corrected chi connectivity index (χ2v) is 15.4. The Morgan fingerprint density at radius 2 is 2.16 bits per heavy atom. The topological polar surface area (TPSA) is 85.0 Å². The van der Waals surface area contributed by atoms with Gasteiger partial charge in [-0.15, -0.1) is 0 Å². The number of piperidine rings is 1. The summed E-state index contributed by atoms with van der Waals surface area (Å²) in [5.74, 6) is 0.789. The van der Waals surface area contributed by atoms with Gasteiger partial charge in [-0.25, -0.2) is 9.97 Å². The summed E-state index contributed by atoms with van der Waals surface area (Å²) >= 11 is 0. The number of pyridine rings is 2. The second kappa shape index (κ2) is 8.58. The van der Waals surface area contributed by atoms with Gasteiger partial charge in [-0.1, -0.05) is 19.6 Å². The molecule has 0 radical (unpaired) electrons. The quantitative estimate of drug-likeness (QED) is 0.438. The molecule has 164 valence electrons. The van der Waals surface area contributed by atoms with Crippen molar-refractivity contribution in [2.45, 2.75) is 57.8 Å². The van der Waals surface area contributed by atoms with Crippen LogP contribution in [0.15, 0.2) is 24.5 Å². The minimum Gasteiger partial charge on any atom is -0.485 e. The van der Waals surface area contributed by atoms with Gasteiger partial charge in [0.05, 0.1) is 17.1 Å². The van der Waals surface area contributed by atoms with Crippen molar-refractivity contribution in [1.29, 1.82) is 5.26 Å². The van der Waals surface area contributed by atoms with Crippen molar-refractivity contribution < 1.29 is 9.47 Å². The van der Waals surface area contributed by atoms with Crippen LogP contribution in [0, 0.1) is 11.3 Å². The molecule has 1 unspecified atom stereocenters. The van der Waals surface area contributed by atoms with Crippen LogP contribution in [-0.4, -0.2) is 47.9 Å². The Kier molecular flexibility index (Phi) is 6.02. The second-order valence-electron chi connectivity index (χ2n) is 9.81. The first-order valence-corrected chi connectivity index (χ1v) is 14.6. The third kappa shape index (κ3) is 4.74. The summed E-state index contributed by atoms with van der Waals surface area (Å²) < 4.78 is 14.7. The largest absolute Gasteiger partial charge is 0.485 e. The fraction of sp³-hybridized carbons (Fsp3) is 0.522. The molecule has 3 aromatic rings. The fourth-order valence-electron chi connectivity index (χ4n) is 4.06. The molecule has 0 aliphatic carbocycles. The highest BCUT2D eigenvalue weighted by atomic mass is 28.3. The third-order valence-electron chi connectivity index (χ3n) is 5.84. The molecule has 1 N–H and O–H groups in total. The van der Waals surface area contributed by atoms with E-state index in [1.807, 2.05) is 16.7 Å². The number of hydrogen-bond acceptors (Lipinski definition) is 6. The van der Waals surface area contributed by atoms with Gasteiger partial charge >= 0.3 is 0 Å². The van der Waals surface area contributed by atoms with E-state index in [0.29, 0.717) is 12.4 Å². The highest BCUT2D eigenvalue weighted by Gasteiger charge is 2.30. The molecule has 0 bridgehead atoms. The van der Waals surface area contributed by atoms with Crippen LogP contribution in [0.2, 0.25) is 25.7 Å². The molecule has 1 aliphatic rings. The lowest BCUT2D eigenvalue weighted by Gasteiger charge is -2.35. The molecule has 0 amide bonds. The van der Waals surface area contributed by atoms with Gasteiger partial charge in [0.25, 0.3) is 0 Å². The number of hydrogen-bond donors (Lipinski definition) is 1. The Morgan fingerprint density at radius 3 is 2.87 bits per heavy atom. The Bertz CT molecular complexity index is 1120. The summed E-state index contributed by atoms with van der Waals surface area (Å²) in [5.41, 5.74) is 1.80. The Balaban J connectivity index is 1.76. The van der Waals surface area contributed by atoms with E-state index in [4.69, 9.17) is 9.47 Å². The minimum absolute atomic E-state index is 0.278. The smallest absolute Gasteiger partial charge is 0.146 e. The van der Waals surface area contributed by atoms with Crippen molar-refractivity contribution in [3.8, 4) is 11.8 Å². The average molecular weight is 438 g/mol. The van der Waals surface area contributed by atoms with Gasteiger partial charge in [0, 0.05) is 32.8 Å². The van der Waals surface area contributed by atoms with E-state index in [1.165, 1.54) is 0 Å². The molecular formula is C23H31N5O2Si. The lowest BCUT2D eigenvalue weighted by atomic mass is 9.96. The molecule has 3 aromatic heterocycles. The summed E-state index contributed by atoms with van der Waals surface area (Å²) in [6, 6.07) is 7.00. The van der Waals surface area contributed by atoms with Crippen LogP contribution in [0.1, 0.15) is 25.5 Å². The first kappa shape index (κ1) is 21.7. The fourth-order valence-corrected chi connectivity index (χ4v) is 4.82. The number of rotatable bonds is 7. The van der Waals surface area contributed by atoms with Gasteiger partial charge in [0.15, 0.2) is 0 Å². The first-order chi connectivity index (χ1) is 14.8. The van der Waals surface area contributed by atoms with Crippen LogP contribution in [0.5, 0.6) is 5.75 Å². The number of fused-ring (bicyclic) bond motifs is 3. The van der Waals surface area contributed by atoms with E-state index in [9.17, 15) is 5.26 Å². The van der Waals surface area contributed by atoms with Crippen LogP contribution in [0.4, 0.5) is 0 Å². The van der Waals surface area contributed by atoms with E-state index in [2.05, 4.69) is 47.9 Å². The van der Waals surface area contributed by atoms with Gasteiger partial charge in [-0.3, -0.25) is 4.57 Å². The first-order valence-electron chi connectivity index (χ1n) is 10.9. The SMILES string of the molecule is CC1(Oc2ccnc3c2c2cc(C#N)ncc2n3COCC[Si](C)(C)C)CCCNC1. The molecule has 1 atom stereocenters. The lowest BCUT2D eigenvalue weighted by Crippen LogP contribution is -2.47. The van der Waals surface area contributed by atoms with Gasteiger partial charge in [0.1, 0.15) is 35.5 Å². The third-order valence-corrected chi connectivity index (χ3v) is 7.54. The monoisotopic (exact) mass is 437 g/mol. The Labute approximate surface area is 184 Å². The molecule has 0 aromatic carbocycles. The van der Waals surface area contributed by atoms with E-state index < -0.39 is 8.07 Å².